The molecule has 0 saturated carbocycles. The fraction of sp³-hybridized carbons (Fsp3) is 0. The third kappa shape index (κ3) is 9.66. The molecule has 2 N–H and O–H groups in total. The van der Waals surface area contributed by atoms with E-state index in [1.807, 2.05) is 0 Å². The van der Waals surface area contributed by atoms with Gasteiger partial charge in [-0.1, -0.05) is 0 Å². The van der Waals surface area contributed by atoms with E-state index in [9.17, 15) is 0 Å². The monoisotopic (exact) mass is 455 g/mol. The van der Waals surface area contributed by atoms with Crippen LogP contribution in [0.15, 0.2) is 0 Å². The van der Waals surface area contributed by atoms with Crippen LogP contribution in [0, 0.1) is 0 Å². The minimum absolute atomic E-state index is 0. The summed E-state index contributed by atoms with van der Waals surface area (Å²) in [5.41, 5.74) is 0. The average molecular weight is 455 g/mol. The molecule has 0 fully saturated rings. The number of hydrogen-bond acceptors (Lipinski definition) is 1. The van der Waals surface area contributed by atoms with Gasteiger partial charge in [0.25, 0.3) is 0 Å². The minimum atomic E-state index is 0. The molecule has 0 bridgehead atoms. The summed E-state index contributed by atoms with van der Waals surface area (Å²) in [7, 11) is 0. The molecule has 0 aromatic carbocycles. The molecule has 1 radical (unpaired) electrons. The van der Waals surface area contributed by atoms with E-state index in [1.54, 1.807) is 0 Å². The predicted octanol–water partition coefficient (Wildman–Crippen LogP) is -2.51. The van der Waals surface area contributed by atoms with Crippen LogP contribution in [0.2, 0.25) is 0 Å². The van der Waals surface area contributed by atoms with Crippen molar-refractivity contribution >= 4 is 50.9 Å². The first-order valence-corrected chi connectivity index (χ1v) is 1.79. The molecular formula is H5Bi2O2. The van der Waals surface area contributed by atoms with Gasteiger partial charge in [0.1, 0.15) is 0 Å². The van der Waals surface area contributed by atoms with E-state index in [4.69, 9.17) is 2.81 Å². The Morgan fingerprint density at radius 2 is 1.25 bits per heavy atom. The van der Waals surface area contributed by atoms with E-state index in [0.29, 0.717) is 0 Å². The standard InChI is InChI=1S/2Bi.H2O.O.3H/h;;1H2;;;;. The predicted molar refractivity (Wildman–Crippen MR) is 20.0 cm³/mol. The molecule has 27 valence electrons. The van der Waals surface area contributed by atoms with Gasteiger partial charge in [0, 0.05) is 0 Å². The quantitative estimate of drug-likeness (QED) is 0.373. The average Bonchev–Trinajstić information content (AvgIpc) is 1.00. The third-order valence-electron chi connectivity index (χ3n) is 0. The van der Waals surface area contributed by atoms with Crippen molar-refractivity contribution in [1.29, 1.82) is 0 Å². The van der Waals surface area contributed by atoms with Crippen molar-refractivity contribution in [3.8, 4) is 0 Å². The van der Waals surface area contributed by atoms with Crippen molar-refractivity contribution in [2.24, 2.45) is 0 Å². The molecule has 0 aliphatic carbocycles. The fourth-order valence-electron chi connectivity index (χ4n) is 0. The molecule has 0 aromatic rings. The molecule has 2 nitrogen and oxygen atoms in total. The molecule has 0 atom stereocenters. The molecule has 0 aliphatic rings. The molecule has 0 rings (SSSR count). The Kier molecular flexibility index (Phi) is 107. The Morgan fingerprint density at radius 3 is 1.25 bits per heavy atom. The molecule has 0 heterocycles. The normalized spacial score (nSPS) is 1.00. The van der Waals surface area contributed by atoms with Gasteiger partial charge in [0.05, 0.1) is 0 Å². The van der Waals surface area contributed by atoms with Crippen molar-refractivity contribution < 1.29 is 8.29 Å². The van der Waals surface area contributed by atoms with E-state index in [2.05, 4.69) is 0 Å². The molecule has 0 aliphatic heterocycles. The van der Waals surface area contributed by atoms with Crippen molar-refractivity contribution in [3.63, 3.8) is 0 Å². The molecule has 0 unspecified atom stereocenters. The molecule has 0 amide bonds. The van der Waals surface area contributed by atoms with Gasteiger partial charge >= 0.3 is 53.7 Å². The number of rotatable bonds is 0. The van der Waals surface area contributed by atoms with Crippen molar-refractivity contribution in [2.45, 2.75) is 0 Å². The van der Waals surface area contributed by atoms with Gasteiger partial charge < -0.3 is 5.48 Å². The topological polar surface area (TPSA) is 48.6 Å². The first kappa shape index (κ1) is 17.7. The molecular weight excluding hydrogens is 450 g/mol. The van der Waals surface area contributed by atoms with Gasteiger partial charge in [-0.05, 0) is 0 Å². The molecule has 4 heavy (non-hydrogen) atoms. The van der Waals surface area contributed by atoms with Crippen LogP contribution in [-0.4, -0.2) is 56.4 Å². The van der Waals surface area contributed by atoms with Gasteiger partial charge in [-0.3, -0.25) is 0 Å². The first-order chi connectivity index (χ1) is 1.00. The van der Waals surface area contributed by atoms with Crippen molar-refractivity contribution in [1.82, 2.24) is 0 Å². The van der Waals surface area contributed by atoms with Crippen LogP contribution in [0.4, 0.5) is 0 Å². The van der Waals surface area contributed by atoms with Gasteiger partial charge in [-0.15, -0.1) is 0 Å². The third-order valence-corrected chi connectivity index (χ3v) is 0. The second-order valence-corrected chi connectivity index (χ2v) is 0. The van der Waals surface area contributed by atoms with E-state index in [-0.39, 0.29) is 56.4 Å². The second-order valence-electron chi connectivity index (χ2n) is 0. The van der Waals surface area contributed by atoms with E-state index in [1.165, 1.54) is 0 Å². The zero-order chi connectivity index (χ0) is 2.00. The number of hydrogen-bond donors (Lipinski definition) is 0. The summed E-state index contributed by atoms with van der Waals surface area (Å²) in [5, 5.41) is 0. The maximum atomic E-state index is 8.39. The van der Waals surface area contributed by atoms with Crippen LogP contribution < -0.4 is 0 Å². The summed E-state index contributed by atoms with van der Waals surface area (Å²) in [6.45, 7) is 0. The van der Waals surface area contributed by atoms with Crippen LogP contribution in [0.25, 0.3) is 0 Å². The molecule has 0 aromatic heterocycles. The van der Waals surface area contributed by atoms with Crippen LogP contribution in [0.5, 0.6) is 0 Å². The summed E-state index contributed by atoms with van der Waals surface area (Å²) < 4.78 is 8.39. The van der Waals surface area contributed by atoms with Gasteiger partial charge in [-0.25, -0.2) is 0 Å². The van der Waals surface area contributed by atoms with Crippen LogP contribution >= 0.6 is 0 Å². The summed E-state index contributed by atoms with van der Waals surface area (Å²) >= 11 is 0.0556. The van der Waals surface area contributed by atoms with Crippen LogP contribution in [0.1, 0.15) is 0 Å². The summed E-state index contributed by atoms with van der Waals surface area (Å²) in [5.74, 6) is 0. The van der Waals surface area contributed by atoms with E-state index < -0.39 is 0 Å². The SMILES string of the molecule is O.[BiH2].[O]=[BiH]. The van der Waals surface area contributed by atoms with Gasteiger partial charge in [-0.2, -0.15) is 0 Å². The molecule has 0 spiro atoms. The summed E-state index contributed by atoms with van der Waals surface area (Å²) in [6, 6.07) is 0. The molecule has 4 heteroatoms. The Hall–Kier alpha value is 1.53. The zero-order valence-electron chi connectivity index (χ0n) is 1.99. The van der Waals surface area contributed by atoms with E-state index >= 15 is 0 Å². The van der Waals surface area contributed by atoms with Crippen LogP contribution in [0.3, 0.4) is 0 Å². The fourth-order valence-corrected chi connectivity index (χ4v) is 0. The maximum absolute atomic E-state index is 8.39. The Labute approximate surface area is 58.7 Å². The summed E-state index contributed by atoms with van der Waals surface area (Å²) in [6.07, 6.45) is 0. The summed E-state index contributed by atoms with van der Waals surface area (Å²) in [4.78, 5) is 0. The Balaban J connectivity index is -0.00000000500. The van der Waals surface area contributed by atoms with Gasteiger partial charge in [0.15, 0.2) is 0 Å². The van der Waals surface area contributed by atoms with Crippen LogP contribution in [-0.2, 0) is 2.81 Å². The zero-order valence-corrected chi connectivity index (χ0v) is 10.4. The molecule has 0 saturated heterocycles. The Bertz CT molecular complexity index is 4.00. The van der Waals surface area contributed by atoms with E-state index in [0.717, 1.165) is 0 Å². The Morgan fingerprint density at radius 1 is 1.25 bits per heavy atom. The second kappa shape index (κ2) is 24.2. The first-order valence-electron chi connectivity index (χ1n) is 0.204. The van der Waals surface area contributed by atoms with Crippen molar-refractivity contribution in [2.75, 3.05) is 0 Å². The van der Waals surface area contributed by atoms with Gasteiger partial charge in [0.2, 0.25) is 0 Å². The van der Waals surface area contributed by atoms with Crippen molar-refractivity contribution in [3.05, 3.63) is 0 Å².